The van der Waals surface area contributed by atoms with Crippen LogP contribution in [-0.4, -0.2) is 21.5 Å². The summed E-state index contributed by atoms with van der Waals surface area (Å²) in [4.78, 5) is 8.66. The Morgan fingerprint density at radius 1 is 1.38 bits per heavy atom. The van der Waals surface area contributed by atoms with E-state index in [9.17, 15) is 0 Å². The summed E-state index contributed by atoms with van der Waals surface area (Å²) >= 11 is 3.42. The minimum atomic E-state index is 0.534. The fourth-order valence-corrected chi connectivity index (χ4v) is 2.37. The Morgan fingerprint density at radius 2 is 2.24 bits per heavy atom. The van der Waals surface area contributed by atoms with Gasteiger partial charge in [0.25, 0.3) is 0 Å². The molecule has 0 unspecified atom stereocenters. The van der Waals surface area contributed by atoms with Crippen LogP contribution in [-0.2, 0) is 0 Å². The van der Waals surface area contributed by atoms with E-state index in [1.165, 1.54) is 0 Å². The maximum absolute atomic E-state index is 5.44. The van der Waals surface area contributed by atoms with Crippen molar-refractivity contribution in [3.05, 3.63) is 41.3 Å². The number of halogens is 1. The highest BCUT2D eigenvalue weighted by molar-refractivity contribution is 9.10. The Morgan fingerprint density at radius 3 is 3.00 bits per heavy atom. The van der Waals surface area contributed by atoms with Crippen molar-refractivity contribution in [1.82, 2.24) is 14.4 Å². The van der Waals surface area contributed by atoms with Crippen molar-refractivity contribution in [3.63, 3.8) is 0 Å². The molecule has 0 bridgehead atoms. The number of imidazole rings is 1. The molecule has 1 aromatic carbocycles. The average molecular weight is 349 g/mol. The second-order valence-corrected chi connectivity index (χ2v) is 5.11. The summed E-state index contributed by atoms with van der Waals surface area (Å²) in [5, 5.41) is 3.22. The number of methoxy groups -OCH3 is 1. The number of nitrogen functional groups attached to an aromatic ring is 1. The molecule has 7 nitrogen and oxygen atoms in total. The monoisotopic (exact) mass is 348 g/mol. The number of hydrogen-bond donors (Lipinski definition) is 3. The molecule has 2 heterocycles. The van der Waals surface area contributed by atoms with E-state index in [-0.39, 0.29) is 0 Å². The van der Waals surface area contributed by atoms with Crippen LogP contribution in [0.25, 0.3) is 5.65 Å². The molecule has 0 aliphatic heterocycles. The van der Waals surface area contributed by atoms with E-state index in [0.29, 0.717) is 17.3 Å². The van der Waals surface area contributed by atoms with E-state index in [0.717, 1.165) is 15.9 Å². The number of hydrogen-bond acceptors (Lipinski definition) is 6. The van der Waals surface area contributed by atoms with Crippen LogP contribution in [0.1, 0.15) is 0 Å². The molecule has 0 fully saturated rings. The number of nitrogens with one attached hydrogen (secondary N) is 2. The van der Waals surface area contributed by atoms with Gasteiger partial charge in [0.05, 0.1) is 17.8 Å². The number of aromatic nitrogens is 3. The molecule has 0 aliphatic carbocycles. The second kappa shape index (κ2) is 5.58. The predicted octanol–water partition coefficient (Wildman–Crippen LogP) is 2.53. The molecule has 0 saturated heterocycles. The van der Waals surface area contributed by atoms with Crippen molar-refractivity contribution in [3.8, 4) is 5.75 Å². The standard InChI is InChI=1S/C13H13BrN6O/c1-21-10-6-8(2-3-9(10)14)17-12-13-16-4-5-20(13)7-11(18-12)19-15/h2-7,19H,15H2,1H3,(H,17,18). The van der Waals surface area contributed by atoms with Gasteiger partial charge in [0.1, 0.15) is 5.75 Å². The molecule has 0 atom stereocenters. The van der Waals surface area contributed by atoms with Gasteiger partial charge in [-0.3, -0.25) is 0 Å². The first-order valence-electron chi connectivity index (χ1n) is 6.12. The summed E-state index contributed by atoms with van der Waals surface area (Å²) in [7, 11) is 1.62. The van der Waals surface area contributed by atoms with Gasteiger partial charge < -0.3 is 19.9 Å². The number of ether oxygens (including phenoxy) is 1. The lowest BCUT2D eigenvalue weighted by Crippen LogP contribution is -2.11. The van der Waals surface area contributed by atoms with Crippen LogP contribution in [0, 0.1) is 0 Å². The fraction of sp³-hybridized carbons (Fsp3) is 0.0769. The summed E-state index contributed by atoms with van der Waals surface area (Å²) in [5.41, 5.74) is 4.07. The van der Waals surface area contributed by atoms with Crippen LogP contribution in [0.3, 0.4) is 0 Å². The molecule has 3 rings (SSSR count). The van der Waals surface area contributed by atoms with Gasteiger partial charge in [-0.1, -0.05) is 0 Å². The van der Waals surface area contributed by atoms with Gasteiger partial charge in [0.15, 0.2) is 17.3 Å². The van der Waals surface area contributed by atoms with Crippen molar-refractivity contribution in [1.29, 1.82) is 0 Å². The molecule has 0 spiro atoms. The van der Waals surface area contributed by atoms with E-state index < -0.39 is 0 Å². The topological polar surface area (TPSA) is 89.5 Å². The smallest absolute Gasteiger partial charge is 0.180 e. The first kappa shape index (κ1) is 13.7. The first-order valence-corrected chi connectivity index (χ1v) is 6.91. The fourth-order valence-electron chi connectivity index (χ4n) is 1.96. The largest absolute Gasteiger partial charge is 0.495 e. The molecule has 21 heavy (non-hydrogen) atoms. The Balaban J connectivity index is 2.03. The Bertz CT molecular complexity index is 787. The van der Waals surface area contributed by atoms with E-state index in [1.54, 1.807) is 19.5 Å². The number of rotatable bonds is 4. The minimum absolute atomic E-state index is 0.534. The zero-order valence-electron chi connectivity index (χ0n) is 11.2. The van der Waals surface area contributed by atoms with Crippen LogP contribution in [0.4, 0.5) is 17.3 Å². The Labute approximate surface area is 129 Å². The first-order chi connectivity index (χ1) is 10.2. The van der Waals surface area contributed by atoms with E-state index in [2.05, 4.69) is 36.6 Å². The lowest BCUT2D eigenvalue weighted by atomic mass is 10.3. The van der Waals surface area contributed by atoms with E-state index in [4.69, 9.17) is 10.6 Å². The van der Waals surface area contributed by atoms with Crippen LogP contribution < -0.4 is 21.3 Å². The summed E-state index contributed by atoms with van der Waals surface area (Å²) in [6.07, 6.45) is 5.28. The number of hydrazine groups is 1. The van der Waals surface area contributed by atoms with Crippen LogP contribution >= 0.6 is 15.9 Å². The van der Waals surface area contributed by atoms with Crippen LogP contribution in [0.2, 0.25) is 0 Å². The minimum Gasteiger partial charge on any atom is -0.495 e. The van der Waals surface area contributed by atoms with Gasteiger partial charge in [-0.15, -0.1) is 0 Å². The predicted molar refractivity (Wildman–Crippen MR) is 84.8 cm³/mol. The molecule has 0 saturated carbocycles. The molecule has 108 valence electrons. The van der Waals surface area contributed by atoms with Gasteiger partial charge >= 0.3 is 0 Å². The lowest BCUT2D eigenvalue weighted by molar-refractivity contribution is 0.412. The second-order valence-electron chi connectivity index (χ2n) is 4.25. The van der Waals surface area contributed by atoms with Crippen LogP contribution in [0.5, 0.6) is 5.75 Å². The van der Waals surface area contributed by atoms with E-state index in [1.807, 2.05) is 28.8 Å². The summed E-state index contributed by atoms with van der Waals surface area (Å²) < 4.78 is 8.00. The summed E-state index contributed by atoms with van der Waals surface area (Å²) in [5.74, 6) is 7.30. The lowest BCUT2D eigenvalue weighted by Gasteiger charge is -2.11. The molecule has 0 amide bonds. The molecule has 4 N–H and O–H groups in total. The van der Waals surface area contributed by atoms with Crippen molar-refractivity contribution < 1.29 is 4.74 Å². The molecule has 2 aromatic heterocycles. The molecular formula is C13H13BrN6O. The maximum Gasteiger partial charge on any atom is 0.180 e. The number of anilines is 3. The average Bonchev–Trinajstić information content (AvgIpc) is 2.97. The van der Waals surface area contributed by atoms with Crippen molar-refractivity contribution >= 4 is 38.9 Å². The highest BCUT2D eigenvalue weighted by atomic mass is 79.9. The number of nitrogens with zero attached hydrogens (tertiary/aromatic N) is 3. The summed E-state index contributed by atoms with van der Waals surface area (Å²) in [6.45, 7) is 0. The number of nitrogens with two attached hydrogens (primary N) is 1. The zero-order chi connectivity index (χ0) is 14.8. The maximum atomic E-state index is 5.44. The molecule has 3 aromatic rings. The van der Waals surface area contributed by atoms with Crippen molar-refractivity contribution in [2.75, 3.05) is 17.9 Å². The molecular weight excluding hydrogens is 336 g/mol. The summed E-state index contributed by atoms with van der Waals surface area (Å²) in [6, 6.07) is 5.68. The third-order valence-corrected chi connectivity index (χ3v) is 3.59. The normalized spacial score (nSPS) is 10.6. The quantitative estimate of drug-likeness (QED) is 0.495. The zero-order valence-corrected chi connectivity index (χ0v) is 12.8. The molecule has 0 radical (unpaired) electrons. The Hall–Kier alpha value is -2.32. The number of benzene rings is 1. The van der Waals surface area contributed by atoms with Crippen LogP contribution in [0.15, 0.2) is 41.3 Å². The Kier molecular flexibility index (Phi) is 3.63. The highest BCUT2D eigenvalue weighted by Crippen LogP contribution is 2.30. The third kappa shape index (κ3) is 2.63. The highest BCUT2D eigenvalue weighted by Gasteiger charge is 2.09. The van der Waals surface area contributed by atoms with Gasteiger partial charge in [-0.05, 0) is 28.1 Å². The van der Waals surface area contributed by atoms with Gasteiger partial charge in [-0.25, -0.2) is 15.8 Å². The molecule has 0 aliphatic rings. The SMILES string of the molecule is COc1cc(Nc2nc(NN)cn3ccnc23)ccc1Br. The van der Waals surface area contributed by atoms with E-state index >= 15 is 0 Å². The van der Waals surface area contributed by atoms with Crippen molar-refractivity contribution in [2.45, 2.75) is 0 Å². The molecule has 8 heteroatoms. The van der Waals surface area contributed by atoms with Gasteiger partial charge in [-0.2, -0.15) is 0 Å². The van der Waals surface area contributed by atoms with Gasteiger partial charge in [0.2, 0.25) is 0 Å². The van der Waals surface area contributed by atoms with Crippen molar-refractivity contribution in [2.24, 2.45) is 5.84 Å². The number of fused-ring (bicyclic) bond motifs is 1. The van der Waals surface area contributed by atoms with Gasteiger partial charge in [0, 0.05) is 24.1 Å². The third-order valence-electron chi connectivity index (χ3n) is 2.94.